The third-order valence-electron chi connectivity index (χ3n) is 3.77. The maximum absolute atomic E-state index is 5.74. The average Bonchev–Trinajstić information content (AvgIpc) is 2.40. The number of hydrogen-bond donors (Lipinski definition) is 1. The van der Waals surface area contributed by atoms with Crippen LogP contribution in [-0.4, -0.2) is 22.5 Å². The lowest BCUT2D eigenvalue weighted by molar-refractivity contribution is 0.135. The second-order valence-electron chi connectivity index (χ2n) is 4.84. The van der Waals surface area contributed by atoms with Gasteiger partial charge in [0, 0.05) is 25.3 Å². The van der Waals surface area contributed by atoms with Gasteiger partial charge in [0.05, 0.1) is 5.69 Å². The van der Waals surface area contributed by atoms with Crippen molar-refractivity contribution in [1.29, 1.82) is 0 Å². The van der Waals surface area contributed by atoms with Crippen molar-refractivity contribution in [2.24, 2.45) is 5.73 Å². The Morgan fingerprint density at radius 3 is 3.12 bits per heavy atom. The Balaban J connectivity index is 2.08. The van der Waals surface area contributed by atoms with Crippen molar-refractivity contribution in [3.8, 4) is 0 Å². The molecule has 0 radical (unpaired) electrons. The summed E-state index contributed by atoms with van der Waals surface area (Å²) in [5.41, 5.74) is 8.09. The fourth-order valence-corrected chi connectivity index (χ4v) is 2.75. The number of rotatable bonds is 4. The fourth-order valence-electron chi connectivity index (χ4n) is 2.75. The van der Waals surface area contributed by atoms with Crippen LogP contribution in [0.1, 0.15) is 43.9 Å². The molecule has 2 N–H and O–H groups in total. The van der Waals surface area contributed by atoms with Gasteiger partial charge in [-0.25, -0.2) is 0 Å². The highest BCUT2D eigenvalue weighted by Crippen LogP contribution is 2.22. The van der Waals surface area contributed by atoms with Crippen molar-refractivity contribution in [3.63, 3.8) is 0 Å². The fraction of sp³-hybridized carbons (Fsp3) is 0.643. The Morgan fingerprint density at radius 1 is 1.47 bits per heavy atom. The van der Waals surface area contributed by atoms with Gasteiger partial charge in [-0.3, -0.25) is 9.88 Å². The zero-order valence-corrected chi connectivity index (χ0v) is 10.7. The first kappa shape index (κ1) is 12.5. The van der Waals surface area contributed by atoms with Gasteiger partial charge in [0.2, 0.25) is 0 Å². The molecule has 1 aromatic heterocycles. The van der Waals surface area contributed by atoms with Gasteiger partial charge in [-0.1, -0.05) is 19.4 Å². The van der Waals surface area contributed by atoms with Gasteiger partial charge in [-0.15, -0.1) is 0 Å². The monoisotopic (exact) mass is 233 g/mol. The summed E-state index contributed by atoms with van der Waals surface area (Å²) in [6.07, 6.45) is 7.13. The van der Waals surface area contributed by atoms with E-state index in [-0.39, 0.29) is 0 Å². The summed E-state index contributed by atoms with van der Waals surface area (Å²) >= 11 is 0. The summed E-state index contributed by atoms with van der Waals surface area (Å²) in [6.45, 7) is 5.06. The third-order valence-corrected chi connectivity index (χ3v) is 3.77. The van der Waals surface area contributed by atoms with Crippen LogP contribution < -0.4 is 5.73 Å². The number of piperidine rings is 1. The Kier molecular flexibility index (Phi) is 4.51. The van der Waals surface area contributed by atoms with Crippen molar-refractivity contribution in [2.45, 2.75) is 51.7 Å². The number of likely N-dealkylation sites (tertiary alicyclic amines) is 1. The van der Waals surface area contributed by atoms with Crippen molar-refractivity contribution >= 4 is 0 Å². The summed E-state index contributed by atoms with van der Waals surface area (Å²) < 4.78 is 0. The number of hydrogen-bond acceptors (Lipinski definition) is 3. The normalized spacial score (nSPS) is 21.6. The molecule has 1 atom stereocenters. The summed E-state index contributed by atoms with van der Waals surface area (Å²) in [7, 11) is 0. The second-order valence-corrected chi connectivity index (χ2v) is 4.84. The van der Waals surface area contributed by atoms with E-state index in [0.717, 1.165) is 18.3 Å². The molecule has 0 saturated carbocycles. The van der Waals surface area contributed by atoms with Crippen molar-refractivity contribution in [2.75, 3.05) is 6.54 Å². The summed E-state index contributed by atoms with van der Waals surface area (Å²) in [4.78, 5) is 6.96. The quantitative estimate of drug-likeness (QED) is 0.867. The van der Waals surface area contributed by atoms with E-state index in [2.05, 4.69) is 22.9 Å². The standard InChI is InChI=1S/C14H23N3/c1-2-13-7-3-4-9-17(13)11-12-6-5-8-16-14(12)10-15/h5-6,8,13H,2-4,7,9-11,15H2,1H3. The van der Waals surface area contributed by atoms with Gasteiger partial charge in [0.25, 0.3) is 0 Å². The zero-order chi connectivity index (χ0) is 12.1. The van der Waals surface area contributed by atoms with E-state index < -0.39 is 0 Å². The molecule has 3 nitrogen and oxygen atoms in total. The Labute approximate surface area is 104 Å². The first-order valence-electron chi connectivity index (χ1n) is 6.72. The van der Waals surface area contributed by atoms with E-state index in [9.17, 15) is 0 Å². The van der Waals surface area contributed by atoms with Crippen LogP contribution in [0.5, 0.6) is 0 Å². The van der Waals surface area contributed by atoms with Crippen molar-refractivity contribution < 1.29 is 0 Å². The number of nitrogens with two attached hydrogens (primary N) is 1. The molecule has 2 rings (SSSR count). The summed E-state index contributed by atoms with van der Waals surface area (Å²) in [6, 6.07) is 4.92. The topological polar surface area (TPSA) is 42.2 Å². The van der Waals surface area contributed by atoms with Crippen LogP contribution in [0, 0.1) is 0 Å². The van der Waals surface area contributed by atoms with Gasteiger partial charge in [0.1, 0.15) is 0 Å². The average molecular weight is 233 g/mol. The maximum Gasteiger partial charge on any atom is 0.0584 e. The largest absolute Gasteiger partial charge is 0.325 e. The predicted octanol–water partition coefficient (Wildman–Crippen LogP) is 2.30. The zero-order valence-electron chi connectivity index (χ0n) is 10.7. The number of pyridine rings is 1. The lowest BCUT2D eigenvalue weighted by Crippen LogP contribution is -2.38. The second kappa shape index (κ2) is 6.12. The SMILES string of the molecule is CCC1CCCCN1Cc1cccnc1CN. The molecule has 94 valence electrons. The van der Waals surface area contributed by atoms with Crippen LogP contribution in [0.2, 0.25) is 0 Å². The molecule has 1 aliphatic heterocycles. The molecule has 1 aliphatic rings. The maximum atomic E-state index is 5.74. The van der Waals surface area contributed by atoms with Crippen LogP contribution in [-0.2, 0) is 13.1 Å². The van der Waals surface area contributed by atoms with Crippen LogP contribution in [0.15, 0.2) is 18.3 Å². The predicted molar refractivity (Wildman–Crippen MR) is 70.5 cm³/mol. The molecule has 0 amide bonds. The molecule has 3 heteroatoms. The molecule has 0 aromatic carbocycles. The minimum absolute atomic E-state index is 0.542. The minimum atomic E-state index is 0.542. The molecule has 17 heavy (non-hydrogen) atoms. The molecular formula is C14H23N3. The van der Waals surface area contributed by atoms with E-state index in [1.807, 2.05) is 12.3 Å². The first-order valence-corrected chi connectivity index (χ1v) is 6.72. The lowest BCUT2D eigenvalue weighted by atomic mass is 9.99. The molecule has 0 spiro atoms. The third kappa shape index (κ3) is 3.05. The summed E-state index contributed by atoms with van der Waals surface area (Å²) in [5, 5.41) is 0. The van der Waals surface area contributed by atoms with Crippen molar-refractivity contribution in [1.82, 2.24) is 9.88 Å². The molecule has 1 unspecified atom stereocenters. The molecule has 1 saturated heterocycles. The van der Waals surface area contributed by atoms with Gasteiger partial charge in [-0.2, -0.15) is 0 Å². The lowest BCUT2D eigenvalue weighted by Gasteiger charge is -2.35. The molecular weight excluding hydrogens is 210 g/mol. The number of nitrogens with zero attached hydrogens (tertiary/aromatic N) is 2. The van der Waals surface area contributed by atoms with Gasteiger partial charge in [0.15, 0.2) is 0 Å². The Bertz CT molecular complexity index is 351. The van der Waals surface area contributed by atoms with E-state index >= 15 is 0 Å². The molecule has 1 aromatic rings. The van der Waals surface area contributed by atoms with E-state index in [0.29, 0.717) is 6.54 Å². The van der Waals surface area contributed by atoms with Crippen LogP contribution in [0.25, 0.3) is 0 Å². The van der Waals surface area contributed by atoms with Gasteiger partial charge in [-0.05, 0) is 37.4 Å². The Morgan fingerprint density at radius 2 is 2.35 bits per heavy atom. The highest BCUT2D eigenvalue weighted by molar-refractivity contribution is 5.19. The highest BCUT2D eigenvalue weighted by Gasteiger charge is 2.21. The minimum Gasteiger partial charge on any atom is -0.325 e. The molecule has 1 fully saturated rings. The molecule has 2 heterocycles. The van der Waals surface area contributed by atoms with E-state index in [1.54, 1.807) is 0 Å². The molecule has 0 aliphatic carbocycles. The van der Waals surface area contributed by atoms with Crippen LogP contribution >= 0.6 is 0 Å². The number of aromatic nitrogens is 1. The van der Waals surface area contributed by atoms with E-state index in [1.165, 1.54) is 37.8 Å². The van der Waals surface area contributed by atoms with Gasteiger partial charge >= 0.3 is 0 Å². The van der Waals surface area contributed by atoms with Crippen LogP contribution in [0.4, 0.5) is 0 Å². The van der Waals surface area contributed by atoms with E-state index in [4.69, 9.17) is 5.73 Å². The van der Waals surface area contributed by atoms with Gasteiger partial charge < -0.3 is 5.73 Å². The van der Waals surface area contributed by atoms with Crippen molar-refractivity contribution in [3.05, 3.63) is 29.6 Å². The first-order chi connectivity index (χ1) is 8.35. The molecule has 0 bridgehead atoms. The highest BCUT2D eigenvalue weighted by atomic mass is 15.2. The van der Waals surface area contributed by atoms with Crippen LogP contribution in [0.3, 0.4) is 0 Å². The Hall–Kier alpha value is -0.930. The summed E-state index contributed by atoms with van der Waals surface area (Å²) in [5.74, 6) is 0. The smallest absolute Gasteiger partial charge is 0.0584 e.